The first-order valence-corrected chi connectivity index (χ1v) is 7.47. The highest BCUT2D eigenvalue weighted by Gasteiger charge is 2.35. The van der Waals surface area contributed by atoms with Gasteiger partial charge in [-0.15, -0.1) is 0 Å². The maximum Gasteiger partial charge on any atom is 0.263 e. The summed E-state index contributed by atoms with van der Waals surface area (Å²) in [5, 5.41) is 9.59. The molecule has 3 rings (SSSR count). The van der Waals surface area contributed by atoms with Gasteiger partial charge in [-0.2, -0.15) is 0 Å². The highest BCUT2D eigenvalue weighted by atomic mass is 19.1. The predicted octanol–water partition coefficient (Wildman–Crippen LogP) is 1.75. The summed E-state index contributed by atoms with van der Waals surface area (Å²) in [6.07, 6.45) is 1.10. The molecule has 1 saturated heterocycles. The van der Waals surface area contributed by atoms with Crippen LogP contribution in [0.15, 0.2) is 18.2 Å². The summed E-state index contributed by atoms with van der Waals surface area (Å²) in [6, 6.07) is 4.78. The number of likely N-dealkylation sites (tertiary alicyclic amines) is 1. The molecule has 0 bridgehead atoms. The average molecular weight is 293 g/mol. The largest absolute Gasteiger partial charge is 0.477 e. The number of piperidine rings is 1. The topological polar surface area (TPSA) is 49.8 Å². The Balaban J connectivity index is 1.62. The molecule has 5 heteroatoms. The van der Waals surface area contributed by atoms with Crippen LogP contribution >= 0.6 is 0 Å². The van der Waals surface area contributed by atoms with Crippen molar-refractivity contribution in [2.75, 3.05) is 13.1 Å². The number of aliphatic hydroxyl groups is 1. The van der Waals surface area contributed by atoms with E-state index in [4.69, 9.17) is 4.74 Å². The molecule has 4 nitrogen and oxygen atoms in total. The van der Waals surface area contributed by atoms with E-state index >= 15 is 0 Å². The first-order valence-electron chi connectivity index (χ1n) is 7.47. The number of ether oxygens (including phenoxy) is 1. The van der Waals surface area contributed by atoms with Gasteiger partial charge >= 0.3 is 0 Å². The van der Waals surface area contributed by atoms with Crippen LogP contribution in [0.5, 0.6) is 5.75 Å². The fourth-order valence-electron chi connectivity index (χ4n) is 3.17. The van der Waals surface area contributed by atoms with Gasteiger partial charge in [0.1, 0.15) is 0 Å². The highest BCUT2D eigenvalue weighted by Crippen LogP contribution is 2.32. The van der Waals surface area contributed by atoms with Gasteiger partial charge in [0.05, 0.1) is 6.10 Å². The van der Waals surface area contributed by atoms with E-state index in [1.54, 1.807) is 24.0 Å². The molecule has 2 unspecified atom stereocenters. The van der Waals surface area contributed by atoms with Crippen molar-refractivity contribution in [1.29, 1.82) is 0 Å². The minimum atomic E-state index is -0.611. The quantitative estimate of drug-likeness (QED) is 0.904. The number of hydrogen-bond acceptors (Lipinski definition) is 3. The Bertz CT molecular complexity index is 538. The molecule has 1 aromatic carbocycles. The molecule has 2 atom stereocenters. The second-order valence-corrected chi connectivity index (χ2v) is 5.94. The Morgan fingerprint density at radius 2 is 2.14 bits per heavy atom. The van der Waals surface area contributed by atoms with Crippen LogP contribution in [0.3, 0.4) is 0 Å². The number of hydrogen-bond donors (Lipinski definition) is 1. The lowest BCUT2D eigenvalue weighted by molar-refractivity contribution is -0.139. The van der Waals surface area contributed by atoms with Gasteiger partial charge in [-0.05, 0) is 31.7 Å². The van der Waals surface area contributed by atoms with E-state index in [0.29, 0.717) is 19.5 Å². The predicted molar refractivity (Wildman–Crippen MR) is 75.5 cm³/mol. The molecule has 2 aliphatic heterocycles. The fourth-order valence-corrected chi connectivity index (χ4v) is 3.17. The van der Waals surface area contributed by atoms with E-state index in [0.717, 1.165) is 18.4 Å². The maximum absolute atomic E-state index is 13.6. The lowest BCUT2D eigenvalue weighted by Gasteiger charge is -2.34. The summed E-state index contributed by atoms with van der Waals surface area (Å²) in [4.78, 5) is 14.2. The molecule has 1 N–H and O–H groups in total. The van der Waals surface area contributed by atoms with E-state index in [1.165, 1.54) is 6.07 Å². The molecule has 1 aromatic rings. The Morgan fingerprint density at radius 1 is 1.43 bits per heavy atom. The van der Waals surface area contributed by atoms with Crippen molar-refractivity contribution in [3.05, 3.63) is 29.6 Å². The van der Waals surface area contributed by atoms with Crippen molar-refractivity contribution in [2.45, 2.75) is 38.4 Å². The Hall–Kier alpha value is -1.62. The number of aliphatic hydroxyl groups excluding tert-OH is 1. The van der Waals surface area contributed by atoms with Crippen LogP contribution < -0.4 is 4.74 Å². The van der Waals surface area contributed by atoms with Crippen molar-refractivity contribution in [2.24, 2.45) is 5.92 Å². The van der Waals surface area contributed by atoms with Gasteiger partial charge in [-0.3, -0.25) is 4.79 Å². The van der Waals surface area contributed by atoms with Crippen molar-refractivity contribution >= 4 is 5.91 Å². The minimum absolute atomic E-state index is 0.0744. The molecule has 1 amide bonds. The third-order valence-electron chi connectivity index (χ3n) is 4.52. The molecule has 0 aromatic heterocycles. The number of benzene rings is 1. The summed E-state index contributed by atoms with van der Waals surface area (Å²) in [6.45, 7) is 3.06. The number of fused-ring (bicyclic) bond motifs is 1. The van der Waals surface area contributed by atoms with Crippen molar-refractivity contribution < 1.29 is 19.0 Å². The number of carbonyl (C=O) groups is 1. The number of rotatable bonds is 2. The van der Waals surface area contributed by atoms with Crippen LogP contribution in [0.4, 0.5) is 4.39 Å². The molecule has 21 heavy (non-hydrogen) atoms. The van der Waals surface area contributed by atoms with Gasteiger partial charge in [-0.25, -0.2) is 4.39 Å². The van der Waals surface area contributed by atoms with Crippen LogP contribution in [-0.4, -0.2) is 41.2 Å². The SMILES string of the molecule is CC(O)C1CCN(C(=O)C2Cc3cccc(F)c3O2)CC1. The zero-order valence-electron chi connectivity index (χ0n) is 12.1. The third kappa shape index (κ3) is 2.75. The number of carbonyl (C=O) groups excluding carboxylic acids is 1. The second kappa shape index (κ2) is 5.64. The lowest BCUT2D eigenvalue weighted by Crippen LogP contribution is -2.46. The molecule has 1 fully saturated rings. The average Bonchev–Trinajstić information content (AvgIpc) is 2.92. The standard InChI is InChI=1S/C16H20FNO3/c1-10(19)11-5-7-18(8-6-11)16(20)14-9-12-3-2-4-13(17)15(12)21-14/h2-4,10-11,14,19H,5-9H2,1H3. The van der Waals surface area contributed by atoms with Gasteiger partial charge in [0.2, 0.25) is 0 Å². The van der Waals surface area contributed by atoms with E-state index < -0.39 is 11.9 Å². The lowest BCUT2D eigenvalue weighted by atomic mass is 9.92. The van der Waals surface area contributed by atoms with Crippen LogP contribution in [0.1, 0.15) is 25.3 Å². The van der Waals surface area contributed by atoms with Gasteiger partial charge in [0.25, 0.3) is 5.91 Å². The summed E-state index contributed by atoms with van der Waals surface area (Å²) >= 11 is 0. The van der Waals surface area contributed by atoms with Crippen LogP contribution in [0, 0.1) is 11.7 Å². The smallest absolute Gasteiger partial charge is 0.263 e. The molecule has 0 radical (unpaired) electrons. The Kier molecular flexibility index (Phi) is 3.85. The second-order valence-electron chi connectivity index (χ2n) is 5.94. The summed E-state index contributed by atoms with van der Waals surface area (Å²) in [5.41, 5.74) is 0.757. The molecule has 114 valence electrons. The summed E-state index contributed by atoms with van der Waals surface area (Å²) < 4.78 is 19.1. The molecule has 0 spiro atoms. The molecule has 2 aliphatic rings. The van der Waals surface area contributed by atoms with E-state index in [9.17, 15) is 14.3 Å². The van der Waals surface area contributed by atoms with Crippen LogP contribution in [0.25, 0.3) is 0 Å². The van der Waals surface area contributed by atoms with E-state index in [-0.39, 0.29) is 23.7 Å². The van der Waals surface area contributed by atoms with Crippen molar-refractivity contribution in [3.63, 3.8) is 0 Å². The van der Waals surface area contributed by atoms with E-state index in [1.807, 2.05) is 0 Å². The molecular weight excluding hydrogens is 273 g/mol. The molecule has 0 saturated carbocycles. The monoisotopic (exact) mass is 293 g/mol. The number of amides is 1. The summed E-state index contributed by atoms with van der Waals surface area (Å²) in [7, 11) is 0. The Labute approximate surface area is 123 Å². The molecule has 0 aliphatic carbocycles. The number of halogens is 1. The first kappa shape index (κ1) is 14.3. The minimum Gasteiger partial charge on any atom is -0.477 e. The van der Waals surface area contributed by atoms with Gasteiger partial charge in [-0.1, -0.05) is 12.1 Å². The third-order valence-corrected chi connectivity index (χ3v) is 4.52. The number of nitrogens with zero attached hydrogens (tertiary/aromatic N) is 1. The molecular formula is C16H20FNO3. The van der Waals surface area contributed by atoms with Gasteiger partial charge in [0.15, 0.2) is 17.7 Å². The fraction of sp³-hybridized carbons (Fsp3) is 0.562. The maximum atomic E-state index is 13.6. The van der Waals surface area contributed by atoms with Crippen LogP contribution in [0.2, 0.25) is 0 Å². The normalized spacial score (nSPS) is 23.6. The van der Waals surface area contributed by atoms with Crippen LogP contribution in [-0.2, 0) is 11.2 Å². The zero-order chi connectivity index (χ0) is 15.0. The van der Waals surface area contributed by atoms with Gasteiger partial charge < -0.3 is 14.7 Å². The highest BCUT2D eigenvalue weighted by molar-refractivity contribution is 5.82. The van der Waals surface area contributed by atoms with E-state index in [2.05, 4.69) is 0 Å². The summed E-state index contributed by atoms with van der Waals surface area (Å²) in [5.74, 6) is -0.00633. The molecule has 2 heterocycles. The van der Waals surface area contributed by atoms with Crippen molar-refractivity contribution in [1.82, 2.24) is 4.90 Å². The first-order chi connectivity index (χ1) is 10.1. The zero-order valence-corrected chi connectivity index (χ0v) is 12.1. The Morgan fingerprint density at radius 3 is 2.76 bits per heavy atom. The van der Waals surface area contributed by atoms with Gasteiger partial charge in [0, 0.05) is 25.1 Å². The number of para-hydroxylation sites is 1. The van der Waals surface area contributed by atoms with Crippen molar-refractivity contribution in [3.8, 4) is 5.75 Å².